The Morgan fingerprint density at radius 2 is 2.00 bits per heavy atom. The maximum Gasteiger partial charge on any atom is 0.160 e. The maximum absolute atomic E-state index is 11.0. The molecule has 9 heavy (non-hydrogen) atoms. The van der Waals surface area contributed by atoms with Crippen molar-refractivity contribution < 1.29 is 4.55 Å². The fourth-order valence-electron chi connectivity index (χ4n) is 0.254. The SMILES string of the molecule is B/C=N/[S@@+]([O-])C(C)(C)C. The molecule has 52 valence electrons. The van der Waals surface area contributed by atoms with E-state index >= 15 is 0 Å². The van der Waals surface area contributed by atoms with E-state index in [1.54, 1.807) is 14.0 Å². The summed E-state index contributed by atoms with van der Waals surface area (Å²) in [6, 6.07) is 0. The summed E-state index contributed by atoms with van der Waals surface area (Å²) in [5.41, 5.74) is 0. The van der Waals surface area contributed by atoms with Gasteiger partial charge >= 0.3 is 0 Å². The van der Waals surface area contributed by atoms with Gasteiger partial charge in [0, 0.05) is 6.11 Å². The highest BCUT2D eigenvalue weighted by molar-refractivity contribution is 7.91. The van der Waals surface area contributed by atoms with Crippen LogP contribution in [0, 0.1) is 0 Å². The van der Waals surface area contributed by atoms with Crippen molar-refractivity contribution in [3.8, 4) is 0 Å². The molecule has 0 spiro atoms. The monoisotopic (exact) mass is 145 g/mol. The van der Waals surface area contributed by atoms with Crippen molar-refractivity contribution in [1.29, 1.82) is 0 Å². The van der Waals surface area contributed by atoms with Crippen molar-refractivity contribution in [1.82, 2.24) is 0 Å². The molecular formula is C5H12BNOS. The molecule has 1 atom stereocenters. The maximum atomic E-state index is 11.0. The highest BCUT2D eigenvalue weighted by Gasteiger charge is 2.25. The average molecular weight is 145 g/mol. The molecule has 0 fully saturated rings. The van der Waals surface area contributed by atoms with Gasteiger partial charge in [0.05, 0.1) is 11.4 Å². The molecule has 0 saturated carbocycles. The summed E-state index contributed by atoms with van der Waals surface area (Å²) in [6.45, 7) is 5.70. The van der Waals surface area contributed by atoms with E-state index in [4.69, 9.17) is 0 Å². The normalized spacial score (nSPS) is 16.4. The van der Waals surface area contributed by atoms with E-state index in [9.17, 15) is 4.55 Å². The van der Waals surface area contributed by atoms with Gasteiger partial charge in [-0.15, -0.1) is 0 Å². The Kier molecular flexibility index (Phi) is 3.29. The van der Waals surface area contributed by atoms with E-state index in [-0.39, 0.29) is 4.75 Å². The molecule has 0 amide bonds. The van der Waals surface area contributed by atoms with E-state index in [0.29, 0.717) is 0 Å². The van der Waals surface area contributed by atoms with Crippen LogP contribution in [-0.2, 0) is 11.4 Å². The van der Waals surface area contributed by atoms with Crippen molar-refractivity contribution in [2.45, 2.75) is 25.5 Å². The van der Waals surface area contributed by atoms with Crippen LogP contribution in [0.1, 0.15) is 20.8 Å². The van der Waals surface area contributed by atoms with Crippen molar-refractivity contribution in [2.75, 3.05) is 0 Å². The minimum atomic E-state index is -1.07. The second-order valence-corrected chi connectivity index (χ2v) is 4.66. The Labute approximate surface area is 60.5 Å². The fraction of sp³-hybridized carbons (Fsp3) is 0.800. The van der Waals surface area contributed by atoms with Gasteiger partial charge in [-0.1, -0.05) is 4.40 Å². The van der Waals surface area contributed by atoms with Crippen molar-refractivity contribution in [3.05, 3.63) is 0 Å². The molecule has 0 N–H and O–H groups in total. The third kappa shape index (κ3) is 3.59. The van der Waals surface area contributed by atoms with Crippen LogP contribution in [0.3, 0.4) is 0 Å². The van der Waals surface area contributed by atoms with Crippen molar-refractivity contribution in [2.24, 2.45) is 4.40 Å². The first kappa shape index (κ1) is 9.04. The average Bonchev–Trinajstić information content (AvgIpc) is 1.64. The lowest BCUT2D eigenvalue weighted by Crippen LogP contribution is -2.25. The molecule has 0 aromatic rings. The Morgan fingerprint density at radius 3 is 2.11 bits per heavy atom. The first-order valence-electron chi connectivity index (χ1n) is 2.89. The topological polar surface area (TPSA) is 35.4 Å². The van der Waals surface area contributed by atoms with Crippen LogP contribution in [0.4, 0.5) is 0 Å². The summed E-state index contributed by atoms with van der Waals surface area (Å²) in [4.78, 5) is 0. The van der Waals surface area contributed by atoms with Crippen LogP contribution in [0.5, 0.6) is 0 Å². The number of nitrogens with zero attached hydrogens (tertiary/aromatic N) is 1. The lowest BCUT2D eigenvalue weighted by molar-refractivity contribution is 0.562. The quantitative estimate of drug-likeness (QED) is 0.293. The predicted molar refractivity (Wildman–Crippen MR) is 44.9 cm³/mol. The second-order valence-electron chi connectivity index (χ2n) is 2.73. The molecule has 0 aliphatic heterocycles. The van der Waals surface area contributed by atoms with Crippen LogP contribution in [-0.4, -0.2) is 23.3 Å². The fourth-order valence-corrected chi connectivity index (χ4v) is 0.762. The van der Waals surface area contributed by atoms with Crippen LogP contribution >= 0.6 is 0 Å². The highest BCUT2D eigenvalue weighted by atomic mass is 32.2. The summed E-state index contributed by atoms with van der Waals surface area (Å²) in [7, 11) is 1.77. The Morgan fingerprint density at radius 1 is 1.56 bits per heavy atom. The van der Waals surface area contributed by atoms with Crippen LogP contribution in [0.25, 0.3) is 0 Å². The van der Waals surface area contributed by atoms with Crippen LogP contribution in [0.15, 0.2) is 4.40 Å². The van der Waals surface area contributed by atoms with Crippen LogP contribution < -0.4 is 0 Å². The molecule has 0 rings (SSSR count). The molecule has 0 bridgehead atoms. The van der Waals surface area contributed by atoms with Gasteiger partial charge in [0.15, 0.2) is 7.85 Å². The first-order valence-corrected chi connectivity index (χ1v) is 4.00. The van der Waals surface area contributed by atoms with Gasteiger partial charge in [-0.3, -0.25) is 0 Å². The number of rotatable bonds is 1. The predicted octanol–water partition coefficient (Wildman–Crippen LogP) is 0.110. The first-order chi connectivity index (χ1) is 3.98. The van der Waals surface area contributed by atoms with Gasteiger partial charge in [0.1, 0.15) is 4.75 Å². The summed E-state index contributed by atoms with van der Waals surface area (Å²) < 4.78 is 14.5. The Hall–Kier alpha value is 0.0449. The van der Waals surface area contributed by atoms with E-state index < -0.39 is 11.4 Å². The molecule has 0 aliphatic carbocycles. The van der Waals surface area contributed by atoms with Gasteiger partial charge < -0.3 is 4.55 Å². The molecule has 0 aromatic heterocycles. The second kappa shape index (κ2) is 3.27. The largest absolute Gasteiger partial charge is 0.591 e. The Balaban J connectivity index is 3.88. The lowest BCUT2D eigenvalue weighted by atomic mass is 10.2. The number of hydrogen-bond acceptors (Lipinski definition) is 2. The third-order valence-corrected chi connectivity index (χ3v) is 2.18. The standard InChI is InChI=1S/C5H12BNOS/c1-5(2,3)9(8)7-4-6/h4H,6H2,1-3H3/b7-4+/t9-/m0/s1. The zero-order valence-electron chi connectivity index (χ0n) is 6.34. The minimum Gasteiger partial charge on any atom is -0.591 e. The zero-order valence-corrected chi connectivity index (χ0v) is 7.16. The summed E-state index contributed by atoms with van der Waals surface area (Å²) >= 11 is -1.07. The summed E-state index contributed by atoms with van der Waals surface area (Å²) in [5.74, 6) is 0. The van der Waals surface area contributed by atoms with Gasteiger partial charge in [-0.05, 0) is 20.8 Å². The molecule has 0 aromatic carbocycles. The number of hydrogen-bond donors (Lipinski definition) is 0. The van der Waals surface area contributed by atoms with E-state index in [1.807, 2.05) is 20.8 Å². The zero-order chi connectivity index (χ0) is 7.49. The molecule has 0 unspecified atom stereocenters. The molecule has 4 heteroatoms. The molecule has 0 heterocycles. The molecule has 0 saturated heterocycles. The van der Waals surface area contributed by atoms with Gasteiger partial charge in [-0.25, -0.2) is 0 Å². The van der Waals surface area contributed by atoms with Gasteiger partial charge in [0.25, 0.3) is 0 Å². The van der Waals surface area contributed by atoms with Gasteiger partial charge in [-0.2, -0.15) is 0 Å². The molecule has 2 nitrogen and oxygen atoms in total. The van der Waals surface area contributed by atoms with E-state index in [1.165, 1.54) is 0 Å². The van der Waals surface area contributed by atoms with Crippen molar-refractivity contribution in [3.63, 3.8) is 0 Å². The third-order valence-electron chi connectivity index (χ3n) is 0.725. The molecular weight excluding hydrogens is 133 g/mol. The van der Waals surface area contributed by atoms with E-state index in [2.05, 4.69) is 4.40 Å². The van der Waals surface area contributed by atoms with Crippen molar-refractivity contribution >= 4 is 25.3 Å². The summed E-state index contributed by atoms with van der Waals surface area (Å²) in [5, 5.41) is 0. The van der Waals surface area contributed by atoms with E-state index in [0.717, 1.165) is 0 Å². The van der Waals surface area contributed by atoms with Crippen LogP contribution in [0.2, 0.25) is 0 Å². The Bertz CT molecular complexity index is 110. The molecule has 0 radical (unpaired) electrons. The summed E-state index contributed by atoms with van der Waals surface area (Å²) in [6.07, 6.45) is 1.57. The molecule has 0 aliphatic rings. The highest BCUT2D eigenvalue weighted by Crippen LogP contribution is 2.15. The van der Waals surface area contributed by atoms with Gasteiger partial charge in [0.2, 0.25) is 0 Å². The lowest BCUT2D eigenvalue weighted by Gasteiger charge is -2.17. The smallest absolute Gasteiger partial charge is 0.160 e. The minimum absolute atomic E-state index is 0.216.